The molecule has 0 spiro atoms. The first-order valence-electron chi connectivity index (χ1n) is 6.74. The SMILES string of the molecule is O=[N+]([O-])c1ccc2nc(NCC3(O)CCOCC3)[nH]c2c1. The summed E-state index contributed by atoms with van der Waals surface area (Å²) in [5.74, 6) is 0.491. The maximum atomic E-state index is 10.7. The molecular formula is C13H16N4O4. The number of nitrogens with zero attached hydrogens (tertiary/aromatic N) is 2. The predicted octanol–water partition coefficient (Wildman–Crippen LogP) is 1.42. The Hall–Kier alpha value is -2.19. The van der Waals surface area contributed by atoms with E-state index in [1.54, 1.807) is 6.07 Å². The van der Waals surface area contributed by atoms with Crippen LogP contribution in [-0.2, 0) is 4.74 Å². The Morgan fingerprint density at radius 1 is 1.48 bits per heavy atom. The number of ether oxygens (including phenoxy) is 1. The number of nitro benzene ring substituents is 1. The van der Waals surface area contributed by atoms with E-state index < -0.39 is 10.5 Å². The molecule has 2 aromatic rings. The lowest BCUT2D eigenvalue weighted by Crippen LogP contribution is -2.42. The Morgan fingerprint density at radius 3 is 2.95 bits per heavy atom. The largest absolute Gasteiger partial charge is 0.388 e. The van der Waals surface area contributed by atoms with Crippen molar-refractivity contribution in [3.05, 3.63) is 28.3 Å². The third-order valence-electron chi connectivity index (χ3n) is 3.68. The molecule has 3 rings (SSSR count). The van der Waals surface area contributed by atoms with E-state index in [4.69, 9.17) is 4.74 Å². The maximum absolute atomic E-state index is 10.7. The van der Waals surface area contributed by atoms with Crippen molar-refractivity contribution in [3.8, 4) is 0 Å². The molecule has 8 nitrogen and oxygen atoms in total. The van der Waals surface area contributed by atoms with Crippen molar-refractivity contribution >= 4 is 22.7 Å². The van der Waals surface area contributed by atoms with Crippen LogP contribution < -0.4 is 5.32 Å². The smallest absolute Gasteiger partial charge is 0.271 e. The lowest BCUT2D eigenvalue weighted by atomic mass is 9.94. The minimum absolute atomic E-state index is 0.0146. The number of aromatic nitrogens is 2. The highest BCUT2D eigenvalue weighted by Crippen LogP contribution is 2.23. The molecule has 0 unspecified atom stereocenters. The number of H-pyrrole nitrogens is 1. The molecule has 2 heterocycles. The van der Waals surface area contributed by atoms with Gasteiger partial charge in [-0.05, 0) is 6.07 Å². The van der Waals surface area contributed by atoms with Gasteiger partial charge >= 0.3 is 0 Å². The van der Waals surface area contributed by atoms with Gasteiger partial charge in [0.2, 0.25) is 5.95 Å². The van der Waals surface area contributed by atoms with Gasteiger partial charge in [0.15, 0.2) is 0 Å². The third kappa shape index (κ3) is 2.96. The van der Waals surface area contributed by atoms with Gasteiger partial charge in [0.05, 0.1) is 21.6 Å². The number of nitrogens with one attached hydrogen (secondary N) is 2. The molecule has 3 N–H and O–H groups in total. The molecule has 0 saturated carbocycles. The topological polar surface area (TPSA) is 113 Å². The van der Waals surface area contributed by atoms with Crippen LogP contribution >= 0.6 is 0 Å². The van der Waals surface area contributed by atoms with Crippen LogP contribution in [-0.4, -0.2) is 45.4 Å². The summed E-state index contributed by atoms with van der Waals surface area (Å²) in [5.41, 5.74) is 0.442. The lowest BCUT2D eigenvalue weighted by Gasteiger charge is -2.31. The standard InChI is InChI=1S/C13H16N4O4/c18-13(3-5-21-6-4-13)8-14-12-15-10-2-1-9(17(19)20)7-11(10)16-12/h1-2,7,18H,3-6,8H2,(H2,14,15,16). The second-order valence-electron chi connectivity index (χ2n) is 5.23. The van der Waals surface area contributed by atoms with Gasteiger partial charge < -0.3 is 20.1 Å². The second-order valence-corrected chi connectivity index (χ2v) is 5.23. The van der Waals surface area contributed by atoms with Gasteiger partial charge in [0.1, 0.15) is 0 Å². The lowest BCUT2D eigenvalue weighted by molar-refractivity contribution is -0.384. The zero-order valence-corrected chi connectivity index (χ0v) is 11.3. The molecule has 0 atom stereocenters. The van der Waals surface area contributed by atoms with E-state index in [1.807, 2.05) is 0 Å². The molecule has 21 heavy (non-hydrogen) atoms. The number of aromatic amines is 1. The Kier molecular flexibility index (Phi) is 3.48. The quantitative estimate of drug-likeness (QED) is 0.580. The van der Waals surface area contributed by atoms with Gasteiger partial charge in [0.25, 0.3) is 5.69 Å². The van der Waals surface area contributed by atoms with Crippen molar-refractivity contribution in [2.45, 2.75) is 18.4 Å². The number of rotatable bonds is 4. The number of nitro groups is 1. The number of fused-ring (bicyclic) bond motifs is 1. The molecule has 1 aromatic heterocycles. The molecule has 1 aliphatic heterocycles. The number of anilines is 1. The predicted molar refractivity (Wildman–Crippen MR) is 76.2 cm³/mol. The van der Waals surface area contributed by atoms with Crippen molar-refractivity contribution in [2.75, 3.05) is 25.1 Å². The van der Waals surface area contributed by atoms with Crippen LogP contribution in [0.25, 0.3) is 11.0 Å². The van der Waals surface area contributed by atoms with Crippen molar-refractivity contribution in [1.29, 1.82) is 0 Å². The molecule has 0 bridgehead atoms. The molecule has 0 aliphatic carbocycles. The molecule has 1 saturated heterocycles. The summed E-state index contributed by atoms with van der Waals surface area (Å²) >= 11 is 0. The average Bonchev–Trinajstić information content (AvgIpc) is 2.88. The van der Waals surface area contributed by atoms with Crippen LogP contribution in [0.2, 0.25) is 0 Å². The van der Waals surface area contributed by atoms with E-state index in [2.05, 4.69) is 15.3 Å². The van der Waals surface area contributed by atoms with Crippen LogP contribution in [0, 0.1) is 10.1 Å². The summed E-state index contributed by atoms with van der Waals surface area (Å²) in [6.45, 7) is 1.45. The molecule has 1 fully saturated rings. The number of imidazole rings is 1. The monoisotopic (exact) mass is 292 g/mol. The van der Waals surface area contributed by atoms with Crippen molar-refractivity contribution in [1.82, 2.24) is 9.97 Å². The highest BCUT2D eigenvalue weighted by molar-refractivity contribution is 5.79. The molecule has 8 heteroatoms. The summed E-state index contributed by atoms with van der Waals surface area (Å²) in [6.07, 6.45) is 1.15. The minimum atomic E-state index is -0.802. The van der Waals surface area contributed by atoms with Gasteiger partial charge in [-0.1, -0.05) is 0 Å². The first-order valence-corrected chi connectivity index (χ1v) is 6.74. The van der Waals surface area contributed by atoms with E-state index in [1.165, 1.54) is 12.1 Å². The molecule has 0 radical (unpaired) electrons. The van der Waals surface area contributed by atoms with Crippen LogP contribution in [0.4, 0.5) is 11.6 Å². The average molecular weight is 292 g/mol. The van der Waals surface area contributed by atoms with Gasteiger partial charge in [-0.25, -0.2) is 4.98 Å². The van der Waals surface area contributed by atoms with Crippen molar-refractivity contribution in [3.63, 3.8) is 0 Å². The van der Waals surface area contributed by atoms with E-state index in [-0.39, 0.29) is 5.69 Å². The van der Waals surface area contributed by atoms with Crippen LogP contribution in [0.15, 0.2) is 18.2 Å². The third-order valence-corrected chi connectivity index (χ3v) is 3.68. The van der Waals surface area contributed by atoms with Crippen molar-refractivity contribution < 1.29 is 14.8 Å². The van der Waals surface area contributed by atoms with Gasteiger partial charge in [-0.15, -0.1) is 0 Å². The number of hydrogen-bond donors (Lipinski definition) is 3. The number of hydrogen-bond acceptors (Lipinski definition) is 6. The Morgan fingerprint density at radius 2 is 2.24 bits per heavy atom. The fraction of sp³-hybridized carbons (Fsp3) is 0.462. The molecule has 112 valence electrons. The number of aliphatic hydroxyl groups is 1. The maximum Gasteiger partial charge on any atom is 0.271 e. The van der Waals surface area contributed by atoms with Crippen LogP contribution in [0.5, 0.6) is 0 Å². The summed E-state index contributed by atoms with van der Waals surface area (Å²) < 4.78 is 5.23. The molecule has 1 aliphatic rings. The van der Waals surface area contributed by atoms with Crippen LogP contribution in [0.3, 0.4) is 0 Å². The summed E-state index contributed by atoms with van der Waals surface area (Å²) in [6, 6.07) is 4.45. The minimum Gasteiger partial charge on any atom is -0.388 e. The normalized spacial score (nSPS) is 17.8. The van der Waals surface area contributed by atoms with Gasteiger partial charge in [-0.3, -0.25) is 10.1 Å². The second kappa shape index (κ2) is 5.30. The van der Waals surface area contributed by atoms with Crippen LogP contribution in [0.1, 0.15) is 12.8 Å². The van der Waals surface area contributed by atoms with E-state index in [0.29, 0.717) is 49.6 Å². The van der Waals surface area contributed by atoms with E-state index in [0.717, 1.165) is 0 Å². The fourth-order valence-electron chi connectivity index (χ4n) is 2.37. The van der Waals surface area contributed by atoms with Gasteiger partial charge in [-0.2, -0.15) is 0 Å². The molecular weight excluding hydrogens is 276 g/mol. The summed E-state index contributed by atoms with van der Waals surface area (Å²) in [7, 11) is 0. The fourth-order valence-corrected chi connectivity index (χ4v) is 2.37. The van der Waals surface area contributed by atoms with Gasteiger partial charge in [0, 0.05) is 44.7 Å². The first-order chi connectivity index (χ1) is 10.1. The van der Waals surface area contributed by atoms with E-state index in [9.17, 15) is 15.2 Å². The Balaban J connectivity index is 1.73. The first kappa shape index (κ1) is 13.8. The Labute approximate surface area is 120 Å². The summed E-state index contributed by atoms with van der Waals surface area (Å²) in [5, 5.41) is 24.1. The molecule has 0 amide bonds. The van der Waals surface area contributed by atoms with E-state index >= 15 is 0 Å². The van der Waals surface area contributed by atoms with Crippen molar-refractivity contribution in [2.24, 2.45) is 0 Å². The highest BCUT2D eigenvalue weighted by Gasteiger charge is 2.29. The highest BCUT2D eigenvalue weighted by atomic mass is 16.6. The Bertz CT molecular complexity index is 663. The zero-order valence-electron chi connectivity index (χ0n) is 11.3. The number of benzene rings is 1. The molecule has 1 aromatic carbocycles. The number of non-ortho nitro benzene ring substituents is 1. The zero-order chi connectivity index (χ0) is 14.9. The summed E-state index contributed by atoms with van der Waals surface area (Å²) in [4.78, 5) is 17.6.